The van der Waals surface area contributed by atoms with E-state index in [1.54, 1.807) is 18.3 Å². The second-order valence-electron chi connectivity index (χ2n) is 6.90. The number of aromatic nitrogens is 4. The van der Waals surface area contributed by atoms with Gasteiger partial charge in [-0.15, -0.1) is 0 Å². The summed E-state index contributed by atoms with van der Waals surface area (Å²) in [6.07, 6.45) is 1.54. The minimum atomic E-state index is -0.302. The Morgan fingerprint density at radius 2 is 1.87 bits per heavy atom. The van der Waals surface area contributed by atoms with Gasteiger partial charge in [0, 0.05) is 37.3 Å². The zero-order valence-electron chi connectivity index (χ0n) is 16.4. The number of rotatable bonds is 4. The van der Waals surface area contributed by atoms with Crippen molar-refractivity contribution in [1.82, 2.24) is 19.9 Å². The lowest BCUT2D eigenvalue weighted by Gasteiger charge is -2.41. The molecule has 3 aromatic rings. The molecule has 1 fully saturated rings. The van der Waals surface area contributed by atoms with Gasteiger partial charge in [0.2, 0.25) is 5.28 Å². The van der Waals surface area contributed by atoms with E-state index in [4.69, 9.17) is 27.9 Å². The molecule has 0 amide bonds. The van der Waals surface area contributed by atoms with Gasteiger partial charge in [-0.2, -0.15) is 4.98 Å². The van der Waals surface area contributed by atoms with E-state index >= 15 is 0 Å². The van der Waals surface area contributed by atoms with Crippen LogP contribution in [0.1, 0.15) is 6.92 Å². The molecule has 0 N–H and O–H groups in total. The van der Waals surface area contributed by atoms with Crippen LogP contribution in [0.15, 0.2) is 36.5 Å². The Hall–Kier alpha value is -2.71. The molecule has 2 aromatic heterocycles. The first kappa shape index (κ1) is 20.6. The van der Waals surface area contributed by atoms with Crippen LogP contribution < -0.4 is 14.5 Å². The summed E-state index contributed by atoms with van der Waals surface area (Å²) in [7, 11) is 1.52. The van der Waals surface area contributed by atoms with E-state index in [9.17, 15) is 4.39 Å². The SMILES string of the molecule is COc1ncc(Cl)c(N2CCN(c3cc(-c4ccc(F)cc4)nc(Cl)n3)C(C)C2)n1. The molecule has 1 saturated heterocycles. The Labute approximate surface area is 183 Å². The van der Waals surface area contributed by atoms with E-state index in [2.05, 4.69) is 36.7 Å². The van der Waals surface area contributed by atoms with Gasteiger partial charge in [0.25, 0.3) is 0 Å². The second kappa shape index (κ2) is 8.57. The fourth-order valence-electron chi connectivity index (χ4n) is 3.47. The number of hydrogen-bond acceptors (Lipinski definition) is 7. The number of halogens is 3. The van der Waals surface area contributed by atoms with Crippen LogP contribution in [0.4, 0.5) is 16.0 Å². The molecule has 156 valence electrons. The number of hydrogen-bond donors (Lipinski definition) is 0. The van der Waals surface area contributed by atoms with Gasteiger partial charge in [-0.05, 0) is 42.8 Å². The van der Waals surface area contributed by atoms with Crippen LogP contribution in [0.2, 0.25) is 10.3 Å². The van der Waals surface area contributed by atoms with Gasteiger partial charge in [0.15, 0.2) is 5.82 Å². The highest BCUT2D eigenvalue weighted by Crippen LogP contribution is 2.30. The maximum absolute atomic E-state index is 13.3. The van der Waals surface area contributed by atoms with Crippen molar-refractivity contribution >= 4 is 34.8 Å². The summed E-state index contributed by atoms with van der Waals surface area (Å²) in [5.74, 6) is 1.06. The zero-order valence-corrected chi connectivity index (χ0v) is 17.9. The quantitative estimate of drug-likeness (QED) is 0.556. The monoisotopic (exact) mass is 448 g/mol. The second-order valence-corrected chi connectivity index (χ2v) is 7.65. The molecular weight excluding hydrogens is 430 g/mol. The van der Waals surface area contributed by atoms with E-state index in [0.717, 1.165) is 5.56 Å². The number of ether oxygens (including phenoxy) is 1. The molecule has 0 radical (unpaired) electrons. The third-order valence-corrected chi connectivity index (χ3v) is 5.37. The number of anilines is 2. The molecule has 0 bridgehead atoms. The molecule has 0 saturated carbocycles. The van der Waals surface area contributed by atoms with Crippen molar-refractivity contribution in [2.45, 2.75) is 13.0 Å². The average Bonchev–Trinajstić information content (AvgIpc) is 2.74. The van der Waals surface area contributed by atoms with Gasteiger partial charge in [-0.25, -0.2) is 19.3 Å². The first-order valence-corrected chi connectivity index (χ1v) is 10.1. The fraction of sp³-hybridized carbons (Fsp3) is 0.300. The third-order valence-electron chi connectivity index (χ3n) is 4.93. The largest absolute Gasteiger partial charge is 0.467 e. The molecule has 1 atom stereocenters. The molecule has 10 heteroatoms. The average molecular weight is 449 g/mol. The Morgan fingerprint density at radius 3 is 2.57 bits per heavy atom. The summed E-state index contributed by atoms with van der Waals surface area (Å²) in [5, 5.41) is 0.616. The molecule has 1 aliphatic rings. The van der Waals surface area contributed by atoms with E-state index in [1.165, 1.54) is 19.2 Å². The van der Waals surface area contributed by atoms with Gasteiger partial charge in [-0.3, -0.25) is 0 Å². The predicted octanol–water partition coefficient (Wildman–Crippen LogP) is 4.10. The molecule has 0 aliphatic carbocycles. The van der Waals surface area contributed by atoms with E-state index in [1.807, 2.05) is 6.07 Å². The van der Waals surface area contributed by atoms with Gasteiger partial charge >= 0.3 is 6.01 Å². The fourth-order valence-corrected chi connectivity index (χ4v) is 3.86. The summed E-state index contributed by atoms with van der Waals surface area (Å²) >= 11 is 12.5. The Bertz CT molecular complexity index is 1050. The van der Waals surface area contributed by atoms with Crippen LogP contribution in [-0.4, -0.2) is 52.7 Å². The molecule has 4 rings (SSSR count). The summed E-state index contributed by atoms with van der Waals surface area (Å²) in [6, 6.07) is 8.37. The molecule has 1 unspecified atom stereocenters. The molecular formula is C20H19Cl2FN6O. The Morgan fingerprint density at radius 1 is 1.10 bits per heavy atom. The summed E-state index contributed by atoms with van der Waals surface area (Å²) in [5.41, 5.74) is 1.41. The minimum absolute atomic E-state index is 0.0998. The summed E-state index contributed by atoms with van der Waals surface area (Å²) in [6.45, 7) is 4.12. The normalized spacial score (nSPS) is 16.6. The molecule has 30 heavy (non-hydrogen) atoms. The Balaban J connectivity index is 1.57. The van der Waals surface area contributed by atoms with Crippen LogP contribution in [0.5, 0.6) is 6.01 Å². The number of methoxy groups -OCH3 is 1. The van der Waals surface area contributed by atoms with Crippen molar-refractivity contribution in [1.29, 1.82) is 0 Å². The van der Waals surface area contributed by atoms with Crippen LogP contribution in [0, 0.1) is 5.82 Å². The van der Waals surface area contributed by atoms with Crippen LogP contribution in [0.25, 0.3) is 11.3 Å². The number of piperazine rings is 1. The van der Waals surface area contributed by atoms with Crippen molar-refractivity contribution in [2.24, 2.45) is 0 Å². The zero-order chi connectivity index (χ0) is 21.3. The van der Waals surface area contributed by atoms with Gasteiger partial charge in [0.1, 0.15) is 16.7 Å². The first-order valence-electron chi connectivity index (χ1n) is 9.33. The lowest BCUT2D eigenvalue weighted by Crippen LogP contribution is -2.52. The van der Waals surface area contributed by atoms with Crippen molar-refractivity contribution in [3.05, 3.63) is 52.7 Å². The molecule has 1 aromatic carbocycles. The smallest absolute Gasteiger partial charge is 0.318 e. The van der Waals surface area contributed by atoms with Crippen LogP contribution in [0.3, 0.4) is 0 Å². The Kier molecular flexibility index (Phi) is 5.87. The molecule has 0 spiro atoms. The summed E-state index contributed by atoms with van der Waals surface area (Å²) < 4.78 is 18.4. The highest BCUT2D eigenvalue weighted by atomic mass is 35.5. The number of nitrogens with zero attached hydrogens (tertiary/aromatic N) is 6. The third kappa shape index (κ3) is 4.24. The predicted molar refractivity (Wildman–Crippen MR) is 115 cm³/mol. The molecule has 1 aliphatic heterocycles. The van der Waals surface area contributed by atoms with Gasteiger partial charge in [0.05, 0.1) is 19.0 Å². The van der Waals surface area contributed by atoms with Crippen molar-refractivity contribution < 1.29 is 9.13 Å². The molecule has 7 nitrogen and oxygen atoms in total. The van der Waals surface area contributed by atoms with Gasteiger partial charge in [-0.1, -0.05) is 11.6 Å². The summed E-state index contributed by atoms with van der Waals surface area (Å²) in [4.78, 5) is 21.4. The van der Waals surface area contributed by atoms with Crippen LogP contribution in [-0.2, 0) is 0 Å². The molecule has 3 heterocycles. The standard InChI is InChI=1S/C20H19Cl2FN6O/c1-12-11-28(18-15(21)10-24-20(27-18)30-2)7-8-29(12)17-9-16(25-19(22)26-17)13-3-5-14(23)6-4-13/h3-6,9-10,12H,7-8,11H2,1-2H3. The van der Waals surface area contributed by atoms with Crippen molar-refractivity contribution in [2.75, 3.05) is 36.5 Å². The van der Waals surface area contributed by atoms with Gasteiger partial charge < -0.3 is 14.5 Å². The highest BCUT2D eigenvalue weighted by Gasteiger charge is 2.28. The van der Waals surface area contributed by atoms with E-state index in [-0.39, 0.29) is 23.2 Å². The maximum atomic E-state index is 13.3. The highest BCUT2D eigenvalue weighted by molar-refractivity contribution is 6.32. The first-order chi connectivity index (χ1) is 14.4. The van der Waals surface area contributed by atoms with Crippen LogP contribution >= 0.6 is 23.2 Å². The lowest BCUT2D eigenvalue weighted by molar-refractivity contribution is 0.379. The van der Waals surface area contributed by atoms with E-state index < -0.39 is 0 Å². The number of benzene rings is 1. The topological polar surface area (TPSA) is 67.3 Å². The van der Waals surface area contributed by atoms with E-state index in [0.29, 0.717) is 42.0 Å². The van der Waals surface area contributed by atoms with Crippen molar-refractivity contribution in [3.63, 3.8) is 0 Å². The van der Waals surface area contributed by atoms with Crippen molar-refractivity contribution in [3.8, 4) is 17.3 Å². The lowest BCUT2D eigenvalue weighted by atomic mass is 10.1. The minimum Gasteiger partial charge on any atom is -0.467 e. The maximum Gasteiger partial charge on any atom is 0.318 e.